The van der Waals surface area contributed by atoms with Crippen molar-refractivity contribution in [3.63, 3.8) is 0 Å². The summed E-state index contributed by atoms with van der Waals surface area (Å²) < 4.78 is 5.41. The van der Waals surface area contributed by atoms with E-state index in [-0.39, 0.29) is 0 Å². The predicted molar refractivity (Wildman–Crippen MR) is 88.0 cm³/mol. The summed E-state index contributed by atoms with van der Waals surface area (Å²) in [6.07, 6.45) is 0. The lowest BCUT2D eigenvalue weighted by Gasteiger charge is -2.10. The van der Waals surface area contributed by atoms with Crippen molar-refractivity contribution in [3.05, 3.63) is 59.7 Å². The maximum Gasteiger partial charge on any atom is 0.145 e. The van der Waals surface area contributed by atoms with Crippen LogP contribution in [-0.4, -0.2) is 12.1 Å². The fourth-order valence-corrected chi connectivity index (χ4v) is 2.66. The number of hydrogen-bond donors (Lipinski definition) is 0. The topological polar surface area (TPSA) is 22.1 Å². The molecule has 0 radical (unpaired) electrons. The molecule has 0 N–H and O–H groups in total. The number of pyridine rings is 1. The molecule has 3 aromatic rings. The number of aromatic nitrogens is 1. The maximum absolute atomic E-state index is 5.84. The van der Waals surface area contributed by atoms with Gasteiger partial charge in [0, 0.05) is 16.8 Å². The van der Waals surface area contributed by atoms with Gasteiger partial charge in [0.1, 0.15) is 11.3 Å². The molecule has 0 spiro atoms. The largest absolute Gasteiger partial charge is 0.494 e. The van der Waals surface area contributed by atoms with Gasteiger partial charge in [0.15, 0.2) is 0 Å². The highest BCUT2D eigenvalue weighted by Crippen LogP contribution is 2.30. The number of aryl methyl sites for hydroxylation is 1. The summed E-state index contributed by atoms with van der Waals surface area (Å²) in [4.78, 5) is 4.81. The molecule has 0 fully saturated rings. The third-order valence-corrected chi connectivity index (χ3v) is 3.91. The molecule has 2 aromatic carbocycles. The van der Waals surface area contributed by atoms with E-state index in [0.29, 0.717) is 5.88 Å². The molecule has 0 aliphatic rings. The molecule has 1 heterocycles. The van der Waals surface area contributed by atoms with Crippen molar-refractivity contribution in [3.8, 4) is 17.0 Å². The SMILES string of the molecule is COc1cccc2cc(C)c(-c3ccc(CCl)cc3)nc12. The summed E-state index contributed by atoms with van der Waals surface area (Å²) in [5.41, 5.74) is 5.22. The molecule has 3 heteroatoms. The van der Waals surface area contributed by atoms with E-state index in [4.69, 9.17) is 21.3 Å². The molecule has 1 aromatic heterocycles. The lowest BCUT2D eigenvalue weighted by molar-refractivity contribution is 0.419. The smallest absolute Gasteiger partial charge is 0.145 e. The van der Waals surface area contributed by atoms with Crippen molar-refractivity contribution < 1.29 is 4.74 Å². The normalized spacial score (nSPS) is 10.8. The molecule has 0 saturated heterocycles. The molecule has 21 heavy (non-hydrogen) atoms. The van der Waals surface area contributed by atoms with Gasteiger partial charge in [0.05, 0.1) is 12.8 Å². The summed E-state index contributed by atoms with van der Waals surface area (Å²) >= 11 is 5.84. The highest BCUT2D eigenvalue weighted by Gasteiger charge is 2.09. The third-order valence-electron chi connectivity index (χ3n) is 3.60. The number of rotatable bonds is 3. The van der Waals surface area contributed by atoms with Crippen LogP contribution < -0.4 is 4.74 Å². The Morgan fingerprint density at radius 2 is 1.86 bits per heavy atom. The van der Waals surface area contributed by atoms with Crippen molar-refractivity contribution >= 4 is 22.5 Å². The number of para-hydroxylation sites is 1. The first-order chi connectivity index (χ1) is 10.2. The number of ether oxygens (including phenoxy) is 1. The zero-order valence-corrected chi connectivity index (χ0v) is 12.8. The molecule has 0 bridgehead atoms. The summed E-state index contributed by atoms with van der Waals surface area (Å²) in [6, 6.07) is 16.3. The summed E-state index contributed by atoms with van der Waals surface area (Å²) in [5.74, 6) is 1.32. The second kappa shape index (κ2) is 5.74. The van der Waals surface area contributed by atoms with Crippen LogP contribution >= 0.6 is 11.6 Å². The molecule has 0 unspecified atom stereocenters. The summed E-state index contributed by atoms with van der Waals surface area (Å²) in [6.45, 7) is 2.08. The van der Waals surface area contributed by atoms with Crippen LogP contribution in [0.3, 0.4) is 0 Å². The van der Waals surface area contributed by atoms with Crippen LogP contribution in [-0.2, 0) is 5.88 Å². The number of benzene rings is 2. The fraction of sp³-hybridized carbons (Fsp3) is 0.167. The molecule has 0 amide bonds. The molecule has 0 atom stereocenters. The van der Waals surface area contributed by atoms with Crippen LogP contribution in [0.25, 0.3) is 22.2 Å². The Hall–Kier alpha value is -2.06. The Balaban J connectivity index is 2.19. The predicted octanol–water partition coefficient (Wildman–Crippen LogP) is 4.96. The molecular formula is C18H16ClNO. The Kier molecular flexibility index (Phi) is 3.80. The first-order valence-corrected chi connectivity index (χ1v) is 7.36. The molecule has 2 nitrogen and oxygen atoms in total. The number of alkyl halides is 1. The van der Waals surface area contributed by atoms with Crippen LogP contribution in [0.15, 0.2) is 48.5 Å². The van der Waals surface area contributed by atoms with E-state index < -0.39 is 0 Å². The van der Waals surface area contributed by atoms with Crippen LogP contribution in [0.2, 0.25) is 0 Å². The monoisotopic (exact) mass is 297 g/mol. The van der Waals surface area contributed by atoms with Gasteiger partial charge in [-0.2, -0.15) is 0 Å². The van der Waals surface area contributed by atoms with Gasteiger partial charge in [0.2, 0.25) is 0 Å². The van der Waals surface area contributed by atoms with Crippen molar-refractivity contribution in [2.45, 2.75) is 12.8 Å². The molecular weight excluding hydrogens is 282 g/mol. The van der Waals surface area contributed by atoms with E-state index in [1.165, 1.54) is 0 Å². The summed E-state index contributed by atoms with van der Waals surface area (Å²) in [7, 11) is 1.67. The van der Waals surface area contributed by atoms with Gasteiger partial charge in [-0.15, -0.1) is 11.6 Å². The Morgan fingerprint density at radius 3 is 2.52 bits per heavy atom. The third kappa shape index (κ3) is 2.59. The van der Waals surface area contributed by atoms with Crippen molar-refractivity contribution in [1.29, 1.82) is 0 Å². The fourth-order valence-electron chi connectivity index (χ4n) is 2.49. The standard InChI is InChI=1S/C18H16ClNO/c1-12-10-15-4-3-5-16(21-2)18(15)20-17(12)14-8-6-13(11-19)7-9-14/h3-10H,11H2,1-2H3. The van der Waals surface area contributed by atoms with Gasteiger partial charge in [-0.25, -0.2) is 4.98 Å². The lowest BCUT2D eigenvalue weighted by atomic mass is 10.0. The molecule has 0 aliphatic carbocycles. The van der Waals surface area contributed by atoms with Gasteiger partial charge in [-0.3, -0.25) is 0 Å². The van der Waals surface area contributed by atoms with E-state index in [9.17, 15) is 0 Å². The van der Waals surface area contributed by atoms with Crippen molar-refractivity contribution in [2.24, 2.45) is 0 Å². The van der Waals surface area contributed by atoms with E-state index >= 15 is 0 Å². The number of hydrogen-bond acceptors (Lipinski definition) is 2. The van der Waals surface area contributed by atoms with E-state index in [1.54, 1.807) is 7.11 Å². The van der Waals surface area contributed by atoms with Crippen LogP contribution in [0.5, 0.6) is 5.75 Å². The average molecular weight is 298 g/mol. The van der Waals surface area contributed by atoms with Gasteiger partial charge < -0.3 is 4.74 Å². The van der Waals surface area contributed by atoms with Crippen LogP contribution in [0.1, 0.15) is 11.1 Å². The minimum atomic E-state index is 0.526. The number of nitrogens with zero attached hydrogens (tertiary/aromatic N) is 1. The van der Waals surface area contributed by atoms with Crippen molar-refractivity contribution in [2.75, 3.05) is 7.11 Å². The first kappa shape index (κ1) is 13.9. The van der Waals surface area contributed by atoms with Gasteiger partial charge in [-0.1, -0.05) is 36.4 Å². The number of methoxy groups -OCH3 is 1. The second-order valence-corrected chi connectivity index (χ2v) is 5.28. The molecule has 3 rings (SSSR count). The van der Waals surface area contributed by atoms with Crippen LogP contribution in [0, 0.1) is 6.92 Å². The Bertz CT molecular complexity index is 781. The van der Waals surface area contributed by atoms with Crippen molar-refractivity contribution in [1.82, 2.24) is 4.98 Å². The first-order valence-electron chi connectivity index (χ1n) is 6.82. The highest BCUT2D eigenvalue weighted by molar-refractivity contribution is 6.17. The summed E-state index contributed by atoms with van der Waals surface area (Å²) in [5, 5.41) is 1.09. The highest BCUT2D eigenvalue weighted by atomic mass is 35.5. The zero-order valence-electron chi connectivity index (χ0n) is 12.1. The van der Waals surface area contributed by atoms with E-state index in [1.807, 2.05) is 24.3 Å². The Morgan fingerprint density at radius 1 is 1.10 bits per heavy atom. The van der Waals surface area contributed by atoms with Crippen LogP contribution in [0.4, 0.5) is 0 Å². The maximum atomic E-state index is 5.84. The number of halogens is 1. The second-order valence-electron chi connectivity index (χ2n) is 5.02. The molecule has 0 aliphatic heterocycles. The minimum absolute atomic E-state index is 0.526. The van der Waals surface area contributed by atoms with Gasteiger partial charge in [-0.05, 0) is 30.2 Å². The zero-order chi connectivity index (χ0) is 14.8. The molecule has 0 saturated carbocycles. The Labute approximate surface area is 129 Å². The molecule has 106 valence electrons. The quantitative estimate of drug-likeness (QED) is 0.638. The lowest BCUT2D eigenvalue weighted by Crippen LogP contribution is -1.93. The van der Waals surface area contributed by atoms with Gasteiger partial charge in [0.25, 0.3) is 0 Å². The number of fused-ring (bicyclic) bond motifs is 1. The van der Waals surface area contributed by atoms with Gasteiger partial charge >= 0.3 is 0 Å². The van der Waals surface area contributed by atoms with E-state index in [2.05, 4.69) is 31.2 Å². The average Bonchev–Trinajstić information content (AvgIpc) is 2.53. The minimum Gasteiger partial charge on any atom is -0.494 e. The van der Waals surface area contributed by atoms with E-state index in [0.717, 1.165) is 39.0 Å².